The monoisotopic (exact) mass is 550 g/mol. The van der Waals surface area contributed by atoms with Gasteiger partial charge in [-0.1, -0.05) is 35.9 Å². The zero-order chi connectivity index (χ0) is 28.2. The molecule has 1 heterocycles. The molecule has 2 atom stereocenters. The van der Waals surface area contributed by atoms with Crippen molar-refractivity contribution in [3.8, 4) is 11.3 Å². The average molecular weight is 551 g/mol. The first kappa shape index (κ1) is 28.6. The summed E-state index contributed by atoms with van der Waals surface area (Å²) in [5.41, 5.74) is 4.39. The van der Waals surface area contributed by atoms with E-state index in [4.69, 9.17) is 21.1 Å². The minimum atomic E-state index is -0.911. The van der Waals surface area contributed by atoms with Crippen LogP contribution in [0.25, 0.3) is 11.3 Å². The van der Waals surface area contributed by atoms with Gasteiger partial charge in [0.05, 0.1) is 30.5 Å². The largest absolute Gasteiger partial charge is 0.462 e. The van der Waals surface area contributed by atoms with Crippen LogP contribution in [0.15, 0.2) is 60.8 Å². The van der Waals surface area contributed by atoms with Gasteiger partial charge in [0.1, 0.15) is 5.60 Å². The third kappa shape index (κ3) is 7.37. The number of hydrogen-bond donors (Lipinski definition) is 1. The lowest BCUT2D eigenvalue weighted by Crippen LogP contribution is -2.47. The number of aliphatic hydroxyl groups is 1. The SMILES string of the molecule is CCOC(=O)c1ccc(-c2ccc3c(c2)C[C@@H](N(C[C@@H](O)c2cccc(Cl)c2)C(=O)OC(C)(C)C)CC3)nc1. The lowest BCUT2D eigenvalue weighted by molar-refractivity contribution is 0.00194. The second kappa shape index (κ2) is 12.2. The Hall–Kier alpha value is -3.42. The fourth-order valence-electron chi connectivity index (χ4n) is 4.76. The summed E-state index contributed by atoms with van der Waals surface area (Å²) < 4.78 is 10.8. The maximum Gasteiger partial charge on any atom is 0.410 e. The number of aryl methyl sites for hydroxylation is 1. The lowest BCUT2D eigenvalue weighted by Gasteiger charge is -2.37. The lowest BCUT2D eigenvalue weighted by atomic mass is 9.86. The topological polar surface area (TPSA) is 89.0 Å². The Morgan fingerprint density at radius 2 is 1.92 bits per heavy atom. The number of hydrogen-bond acceptors (Lipinski definition) is 6. The van der Waals surface area contributed by atoms with Crippen LogP contribution in [0.5, 0.6) is 0 Å². The van der Waals surface area contributed by atoms with E-state index < -0.39 is 23.8 Å². The van der Waals surface area contributed by atoms with E-state index in [2.05, 4.69) is 17.1 Å². The van der Waals surface area contributed by atoms with Crippen LogP contribution in [0.4, 0.5) is 4.79 Å². The summed E-state index contributed by atoms with van der Waals surface area (Å²) in [4.78, 5) is 31.5. The highest BCUT2D eigenvalue weighted by molar-refractivity contribution is 6.30. The summed E-state index contributed by atoms with van der Waals surface area (Å²) in [5, 5.41) is 11.6. The molecule has 206 valence electrons. The molecule has 1 aliphatic carbocycles. The molecule has 4 rings (SSSR count). The molecule has 0 spiro atoms. The molecule has 1 N–H and O–H groups in total. The van der Waals surface area contributed by atoms with E-state index in [0.717, 1.165) is 29.7 Å². The molecule has 2 aromatic carbocycles. The van der Waals surface area contributed by atoms with Crippen molar-refractivity contribution in [2.45, 2.75) is 64.7 Å². The quantitative estimate of drug-likeness (QED) is 0.342. The number of nitrogens with zero attached hydrogens (tertiary/aromatic N) is 2. The number of aromatic nitrogens is 1. The van der Waals surface area contributed by atoms with E-state index in [9.17, 15) is 14.7 Å². The Bertz CT molecular complexity index is 1320. The van der Waals surface area contributed by atoms with Crippen LogP contribution in [0.3, 0.4) is 0 Å². The zero-order valence-corrected chi connectivity index (χ0v) is 23.6. The van der Waals surface area contributed by atoms with Gasteiger partial charge < -0.3 is 19.5 Å². The van der Waals surface area contributed by atoms with E-state index >= 15 is 0 Å². The van der Waals surface area contributed by atoms with Gasteiger partial charge in [0.2, 0.25) is 0 Å². The highest BCUT2D eigenvalue weighted by Gasteiger charge is 2.33. The summed E-state index contributed by atoms with van der Waals surface area (Å²) in [6, 6.07) is 16.6. The Balaban J connectivity index is 1.57. The van der Waals surface area contributed by atoms with E-state index in [1.54, 1.807) is 42.2 Å². The Kier molecular flexibility index (Phi) is 8.93. The van der Waals surface area contributed by atoms with Crippen LogP contribution in [0.2, 0.25) is 5.02 Å². The van der Waals surface area contributed by atoms with Crippen LogP contribution in [-0.4, -0.2) is 51.8 Å². The first-order valence-corrected chi connectivity index (χ1v) is 13.6. The minimum Gasteiger partial charge on any atom is -0.462 e. The molecule has 0 unspecified atom stereocenters. The van der Waals surface area contributed by atoms with Crippen molar-refractivity contribution >= 4 is 23.7 Å². The van der Waals surface area contributed by atoms with Crippen molar-refractivity contribution in [2.75, 3.05) is 13.2 Å². The van der Waals surface area contributed by atoms with Crippen LogP contribution in [0, 0.1) is 0 Å². The van der Waals surface area contributed by atoms with Crippen molar-refractivity contribution in [1.82, 2.24) is 9.88 Å². The van der Waals surface area contributed by atoms with Gasteiger partial charge in [-0.25, -0.2) is 9.59 Å². The molecule has 0 bridgehead atoms. The van der Waals surface area contributed by atoms with Gasteiger partial charge in [-0.15, -0.1) is 0 Å². The molecule has 1 aliphatic rings. The highest BCUT2D eigenvalue weighted by atomic mass is 35.5. The summed E-state index contributed by atoms with van der Waals surface area (Å²) in [6.45, 7) is 7.66. The van der Waals surface area contributed by atoms with Crippen LogP contribution in [0.1, 0.15) is 67.3 Å². The predicted molar refractivity (Wildman–Crippen MR) is 151 cm³/mol. The van der Waals surface area contributed by atoms with Gasteiger partial charge in [0, 0.05) is 22.8 Å². The molecule has 7 nitrogen and oxygen atoms in total. The zero-order valence-electron chi connectivity index (χ0n) is 22.8. The van der Waals surface area contributed by atoms with E-state index in [0.29, 0.717) is 29.2 Å². The van der Waals surface area contributed by atoms with Crippen molar-refractivity contribution < 1.29 is 24.2 Å². The van der Waals surface area contributed by atoms with Gasteiger partial charge in [-0.05, 0) is 94.0 Å². The average Bonchev–Trinajstić information content (AvgIpc) is 2.90. The minimum absolute atomic E-state index is 0.0891. The van der Waals surface area contributed by atoms with Crippen LogP contribution < -0.4 is 0 Å². The smallest absolute Gasteiger partial charge is 0.410 e. The Morgan fingerprint density at radius 3 is 2.59 bits per heavy atom. The number of esters is 1. The summed E-state index contributed by atoms with van der Waals surface area (Å²) in [5.74, 6) is -0.396. The molecule has 3 aromatic rings. The van der Waals surface area contributed by atoms with Crippen molar-refractivity contribution in [3.05, 3.63) is 88.1 Å². The first-order chi connectivity index (χ1) is 18.5. The normalized spacial score (nSPS) is 15.7. The van der Waals surface area contributed by atoms with E-state index in [1.807, 2.05) is 32.9 Å². The fraction of sp³-hybridized carbons (Fsp3) is 0.387. The number of aliphatic hydroxyl groups excluding tert-OH is 1. The molecule has 0 radical (unpaired) electrons. The molecule has 39 heavy (non-hydrogen) atoms. The number of ether oxygens (including phenoxy) is 2. The Labute approximate surface area is 234 Å². The predicted octanol–water partition coefficient (Wildman–Crippen LogP) is 6.41. The van der Waals surface area contributed by atoms with Crippen molar-refractivity contribution in [1.29, 1.82) is 0 Å². The number of amides is 1. The van der Waals surface area contributed by atoms with Crippen molar-refractivity contribution in [2.24, 2.45) is 0 Å². The summed E-state index contributed by atoms with van der Waals surface area (Å²) >= 11 is 6.14. The first-order valence-electron chi connectivity index (χ1n) is 13.2. The molecule has 0 aliphatic heterocycles. The van der Waals surface area contributed by atoms with Gasteiger partial charge in [-0.2, -0.15) is 0 Å². The number of benzene rings is 2. The molecular weight excluding hydrogens is 516 g/mol. The molecule has 0 saturated heterocycles. The summed E-state index contributed by atoms with van der Waals surface area (Å²) in [6.07, 6.45) is 2.32. The van der Waals surface area contributed by atoms with E-state index in [-0.39, 0.29) is 12.6 Å². The maximum atomic E-state index is 13.3. The third-order valence-electron chi connectivity index (χ3n) is 6.65. The molecule has 1 aromatic heterocycles. The third-order valence-corrected chi connectivity index (χ3v) is 6.89. The number of pyridine rings is 1. The standard InChI is InChI=1S/C31H35ClN2O5/c1-5-38-29(36)23-12-14-27(33-18-23)21-10-9-20-11-13-26(17-24(20)15-21)34(30(37)39-31(2,3)4)19-28(35)22-7-6-8-25(32)16-22/h6-10,12,14-16,18,26,28,35H,5,11,13,17,19H2,1-4H3/t26-,28+/m0/s1. The molecule has 8 heteroatoms. The van der Waals surface area contributed by atoms with Gasteiger partial charge >= 0.3 is 12.1 Å². The van der Waals surface area contributed by atoms with Gasteiger partial charge in [0.15, 0.2) is 0 Å². The van der Waals surface area contributed by atoms with Crippen LogP contribution in [-0.2, 0) is 22.3 Å². The number of rotatable bonds is 7. The van der Waals surface area contributed by atoms with Crippen LogP contribution >= 0.6 is 11.6 Å². The maximum absolute atomic E-state index is 13.3. The van der Waals surface area contributed by atoms with E-state index in [1.165, 1.54) is 11.8 Å². The fourth-order valence-corrected chi connectivity index (χ4v) is 4.96. The van der Waals surface area contributed by atoms with Gasteiger partial charge in [0.25, 0.3) is 0 Å². The number of carbonyl (C=O) groups excluding carboxylic acids is 2. The molecular formula is C31H35ClN2O5. The number of halogens is 1. The highest BCUT2D eigenvalue weighted by Crippen LogP contribution is 2.31. The van der Waals surface area contributed by atoms with Crippen molar-refractivity contribution in [3.63, 3.8) is 0 Å². The number of carbonyl (C=O) groups is 2. The second-order valence-corrected chi connectivity index (χ2v) is 11.2. The molecule has 1 amide bonds. The summed E-state index contributed by atoms with van der Waals surface area (Å²) in [7, 11) is 0. The van der Waals surface area contributed by atoms with Gasteiger partial charge in [-0.3, -0.25) is 4.98 Å². The molecule has 0 saturated carbocycles. The molecule has 0 fully saturated rings. The Morgan fingerprint density at radius 1 is 1.13 bits per heavy atom. The number of fused-ring (bicyclic) bond motifs is 1. The second-order valence-electron chi connectivity index (χ2n) is 10.7.